The lowest BCUT2D eigenvalue weighted by Gasteiger charge is -2.16. The van der Waals surface area contributed by atoms with Crippen LogP contribution in [0.25, 0.3) is 10.6 Å². The lowest BCUT2D eigenvalue weighted by Crippen LogP contribution is -2.42. The van der Waals surface area contributed by atoms with Crippen LogP contribution in [-0.4, -0.2) is 45.8 Å². The summed E-state index contributed by atoms with van der Waals surface area (Å²) in [6.45, 7) is 5.02. The number of amides is 2. The van der Waals surface area contributed by atoms with E-state index < -0.39 is 6.04 Å². The number of benzene rings is 1. The molecule has 0 spiro atoms. The van der Waals surface area contributed by atoms with Crippen LogP contribution >= 0.6 is 11.3 Å². The lowest BCUT2D eigenvalue weighted by atomic mass is 10.2. The highest BCUT2D eigenvalue weighted by atomic mass is 32.1. The van der Waals surface area contributed by atoms with Gasteiger partial charge in [0.15, 0.2) is 0 Å². The highest BCUT2D eigenvalue weighted by Gasteiger charge is 2.35. The number of hydrogen-bond donors (Lipinski definition) is 1. The SMILES string of the molecule is CCOc1ccc(-c2nc(CC(=O)N[C@H]3CCN(c4cc(C)nn4C)C3=O)cs2)cc1. The van der Waals surface area contributed by atoms with Crippen LogP contribution in [0.2, 0.25) is 0 Å². The molecule has 0 saturated carbocycles. The molecule has 3 heterocycles. The van der Waals surface area contributed by atoms with Gasteiger partial charge in [-0.25, -0.2) is 4.98 Å². The van der Waals surface area contributed by atoms with Crippen molar-refractivity contribution in [1.82, 2.24) is 20.1 Å². The molecule has 0 radical (unpaired) electrons. The third-order valence-corrected chi connectivity index (χ3v) is 6.04. The quantitative estimate of drug-likeness (QED) is 0.611. The Morgan fingerprint density at radius 2 is 2.10 bits per heavy atom. The topological polar surface area (TPSA) is 89.3 Å². The van der Waals surface area contributed by atoms with Crippen molar-refractivity contribution >= 4 is 29.0 Å². The predicted molar refractivity (Wildman–Crippen MR) is 119 cm³/mol. The predicted octanol–water partition coefficient (Wildman–Crippen LogP) is 2.71. The van der Waals surface area contributed by atoms with Crippen LogP contribution in [0.5, 0.6) is 5.75 Å². The lowest BCUT2D eigenvalue weighted by molar-refractivity contribution is -0.126. The maximum absolute atomic E-state index is 12.8. The minimum Gasteiger partial charge on any atom is -0.494 e. The van der Waals surface area contributed by atoms with Gasteiger partial charge in [0.2, 0.25) is 5.91 Å². The molecule has 9 heteroatoms. The molecule has 1 aromatic carbocycles. The van der Waals surface area contributed by atoms with E-state index in [4.69, 9.17) is 4.74 Å². The van der Waals surface area contributed by atoms with Crippen LogP contribution in [0, 0.1) is 6.92 Å². The van der Waals surface area contributed by atoms with Crippen molar-refractivity contribution in [3.8, 4) is 16.3 Å². The van der Waals surface area contributed by atoms with E-state index in [0.29, 0.717) is 25.3 Å². The molecule has 1 saturated heterocycles. The van der Waals surface area contributed by atoms with E-state index in [1.54, 1.807) is 9.58 Å². The van der Waals surface area contributed by atoms with Gasteiger partial charge in [-0.15, -0.1) is 11.3 Å². The van der Waals surface area contributed by atoms with Crippen LogP contribution < -0.4 is 15.0 Å². The number of hydrogen-bond acceptors (Lipinski definition) is 6. The van der Waals surface area contributed by atoms with E-state index in [-0.39, 0.29) is 18.2 Å². The number of carbonyl (C=O) groups excluding carboxylic acids is 2. The summed E-state index contributed by atoms with van der Waals surface area (Å²) in [5.74, 6) is 1.26. The first kappa shape index (κ1) is 21.0. The fraction of sp³-hybridized carbons (Fsp3) is 0.364. The molecule has 1 aliphatic rings. The zero-order valence-electron chi connectivity index (χ0n) is 17.8. The number of anilines is 1. The number of aromatic nitrogens is 3. The molecular weight excluding hydrogens is 414 g/mol. The van der Waals surface area contributed by atoms with Crippen LogP contribution in [0.1, 0.15) is 24.7 Å². The molecule has 1 aliphatic heterocycles. The normalized spacial score (nSPS) is 16.0. The summed E-state index contributed by atoms with van der Waals surface area (Å²) < 4.78 is 7.15. The first-order chi connectivity index (χ1) is 14.9. The minimum absolute atomic E-state index is 0.107. The molecule has 1 N–H and O–H groups in total. The van der Waals surface area contributed by atoms with Crippen LogP contribution in [0.3, 0.4) is 0 Å². The largest absolute Gasteiger partial charge is 0.494 e. The maximum Gasteiger partial charge on any atom is 0.250 e. The van der Waals surface area contributed by atoms with Crippen molar-refractivity contribution < 1.29 is 14.3 Å². The van der Waals surface area contributed by atoms with Gasteiger partial charge in [0.1, 0.15) is 22.6 Å². The molecule has 2 amide bonds. The van der Waals surface area contributed by atoms with E-state index in [1.165, 1.54) is 11.3 Å². The van der Waals surface area contributed by atoms with E-state index in [1.807, 2.05) is 56.6 Å². The smallest absolute Gasteiger partial charge is 0.250 e. The molecule has 8 nitrogen and oxygen atoms in total. The van der Waals surface area contributed by atoms with Crippen LogP contribution in [0.4, 0.5) is 5.82 Å². The molecule has 162 valence electrons. The van der Waals surface area contributed by atoms with Crippen molar-refractivity contribution in [2.24, 2.45) is 7.05 Å². The monoisotopic (exact) mass is 439 g/mol. The van der Waals surface area contributed by atoms with Crippen molar-refractivity contribution in [3.05, 3.63) is 47.1 Å². The van der Waals surface area contributed by atoms with Gasteiger partial charge in [0, 0.05) is 30.6 Å². The molecule has 0 bridgehead atoms. The summed E-state index contributed by atoms with van der Waals surface area (Å²) >= 11 is 1.49. The molecule has 31 heavy (non-hydrogen) atoms. The van der Waals surface area contributed by atoms with Crippen LogP contribution in [-0.2, 0) is 23.1 Å². The summed E-state index contributed by atoms with van der Waals surface area (Å²) in [6.07, 6.45) is 0.714. The summed E-state index contributed by atoms with van der Waals surface area (Å²) in [6, 6.07) is 9.09. The summed E-state index contributed by atoms with van der Waals surface area (Å²) in [5.41, 5.74) is 2.52. The zero-order chi connectivity index (χ0) is 22.0. The Balaban J connectivity index is 1.35. The fourth-order valence-corrected chi connectivity index (χ4v) is 4.51. The zero-order valence-corrected chi connectivity index (χ0v) is 18.6. The van der Waals surface area contributed by atoms with Crippen LogP contribution in [0.15, 0.2) is 35.7 Å². The fourth-order valence-electron chi connectivity index (χ4n) is 3.68. The minimum atomic E-state index is -0.521. The first-order valence-corrected chi connectivity index (χ1v) is 11.1. The second-order valence-electron chi connectivity index (χ2n) is 7.44. The Morgan fingerprint density at radius 1 is 1.32 bits per heavy atom. The Labute approximate surface area is 184 Å². The molecule has 4 rings (SSSR count). The van der Waals surface area contributed by atoms with Gasteiger partial charge >= 0.3 is 0 Å². The first-order valence-electron chi connectivity index (χ1n) is 10.2. The number of rotatable bonds is 7. The summed E-state index contributed by atoms with van der Waals surface area (Å²) in [7, 11) is 1.81. The Morgan fingerprint density at radius 3 is 2.77 bits per heavy atom. The van der Waals surface area contributed by atoms with E-state index in [0.717, 1.165) is 27.8 Å². The van der Waals surface area contributed by atoms with Gasteiger partial charge in [0.05, 0.1) is 24.4 Å². The average molecular weight is 440 g/mol. The highest BCUT2D eigenvalue weighted by Crippen LogP contribution is 2.26. The van der Waals surface area contributed by atoms with E-state index in [2.05, 4.69) is 15.4 Å². The second kappa shape index (κ2) is 8.89. The summed E-state index contributed by atoms with van der Waals surface area (Å²) in [4.78, 5) is 31.6. The molecule has 3 aromatic rings. The molecule has 1 atom stereocenters. The molecular formula is C22H25N5O3S. The van der Waals surface area contributed by atoms with Crippen molar-refractivity contribution in [1.29, 1.82) is 0 Å². The number of aryl methyl sites for hydroxylation is 2. The second-order valence-corrected chi connectivity index (χ2v) is 8.30. The standard InChI is InChI=1S/C22H25N5O3S/c1-4-30-17-7-5-15(6-8-17)21-23-16(13-31-21)12-19(28)24-18-9-10-27(22(18)29)20-11-14(2)25-26(20)3/h5-8,11,13,18H,4,9-10,12H2,1-3H3,(H,24,28)/t18-/m0/s1. The van der Waals surface area contributed by atoms with Crippen molar-refractivity contribution in [3.63, 3.8) is 0 Å². The summed E-state index contributed by atoms with van der Waals surface area (Å²) in [5, 5.41) is 9.89. The van der Waals surface area contributed by atoms with Gasteiger partial charge < -0.3 is 10.1 Å². The van der Waals surface area contributed by atoms with Gasteiger partial charge in [0.25, 0.3) is 5.91 Å². The van der Waals surface area contributed by atoms with E-state index in [9.17, 15) is 9.59 Å². The highest BCUT2D eigenvalue weighted by molar-refractivity contribution is 7.13. The molecule has 0 aliphatic carbocycles. The Bertz CT molecular complexity index is 1090. The third-order valence-electron chi connectivity index (χ3n) is 5.10. The number of carbonyl (C=O) groups is 2. The Kier molecular flexibility index (Phi) is 6.03. The number of nitrogens with zero attached hydrogens (tertiary/aromatic N) is 4. The third kappa shape index (κ3) is 4.61. The van der Waals surface area contributed by atoms with Crippen molar-refractivity contribution in [2.75, 3.05) is 18.1 Å². The average Bonchev–Trinajstić information content (AvgIpc) is 3.43. The molecule has 0 unspecified atom stereocenters. The van der Waals surface area contributed by atoms with Gasteiger partial charge in [-0.2, -0.15) is 5.10 Å². The number of thiazole rings is 1. The maximum atomic E-state index is 12.8. The Hall–Kier alpha value is -3.20. The van der Waals surface area contributed by atoms with Gasteiger partial charge in [-0.3, -0.25) is 19.2 Å². The van der Waals surface area contributed by atoms with Gasteiger partial charge in [-0.1, -0.05) is 0 Å². The number of nitrogens with one attached hydrogen (secondary N) is 1. The number of ether oxygens (including phenoxy) is 1. The molecule has 2 aromatic heterocycles. The van der Waals surface area contributed by atoms with E-state index >= 15 is 0 Å². The van der Waals surface area contributed by atoms with Crippen molar-refractivity contribution in [2.45, 2.75) is 32.7 Å². The van der Waals surface area contributed by atoms with Gasteiger partial charge in [-0.05, 0) is 44.5 Å². The molecule has 1 fully saturated rings.